The minimum Gasteiger partial charge on any atom is -0.359 e. The Balaban J connectivity index is 2.61. The zero-order valence-corrected chi connectivity index (χ0v) is 11.6. The van der Waals surface area contributed by atoms with Crippen LogP contribution in [0, 0.1) is 6.92 Å². The van der Waals surface area contributed by atoms with Crippen molar-refractivity contribution in [3.8, 4) is 0 Å². The summed E-state index contributed by atoms with van der Waals surface area (Å²) in [5.41, 5.74) is 7.84. The molecule has 1 unspecified atom stereocenters. The fraction of sp³-hybridized carbons (Fsp3) is 0.429. The van der Waals surface area contributed by atoms with Crippen molar-refractivity contribution in [2.24, 2.45) is 5.73 Å². The molecule has 0 bridgehead atoms. The lowest BCUT2D eigenvalue weighted by molar-refractivity contribution is -0.132. The van der Waals surface area contributed by atoms with Crippen molar-refractivity contribution in [3.63, 3.8) is 0 Å². The van der Waals surface area contributed by atoms with Crippen LogP contribution in [0.25, 0.3) is 0 Å². The summed E-state index contributed by atoms with van der Waals surface area (Å²) >= 11 is 0. The largest absolute Gasteiger partial charge is 0.359 e. The topological polar surface area (TPSA) is 75.4 Å². The van der Waals surface area contributed by atoms with Gasteiger partial charge in [-0.1, -0.05) is 29.8 Å². The number of rotatable bonds is 5. The standard InChI is InChI=1S/C14H21N3O2/c1-10-4-6-11(7-5-10)13(15)14(19)17(3)9-8-12(18)16-2/h4-7,13H,8-9,15H2,1-3H3,(H,16,18). The summed E-state index contributed by atoms with van der Waals surface area (Å²) in [7, 11) is 3.22. The summed E-state index contributed by atoms with van der Waals surface area (Å²) < 4.78 is 0. The van der Waals surface area contributed by atoms with Gasteiger partial charge in [-0.3, -0.25) is 9.59 Å². The Morgan fingerprint density at radius 2 is 1.89 bits per heavy atom. The molecule has 19 heavy (non-hydrogen) atoms. The minimum absolute atomic E-state index is 0.0939. The lowest BCUT2D eigenvalue weighted by Gasteiger charge is -2.21. The van der Waals surface area contributed by atoms with Gasteiger partial charge in [0.1, 0.15) is 6.04 Å². The maximum atomic E-state index is 12.1. The second-order valence-electron chi connectivity index (χ2n) is 4.57. The molecule has 1 atom stereocenters. The highest BCUT2D eigenvalue weighted by molar-refractivity contribution is 5.83. The van der Waals surface area contributed by atoms with Crippen LogP contribution >= 0.6 is 0 Å². The molecule has 1 rings (SSSR count). The first-order valence-electron chi connectivity index (χ1n) is 6.23. The van der Waals surface area contributed by atoms with Crippen LogP contribution in [0.4, 0.5) is 0 Å². The normalized spacial score (nSPS) is 11.8. The molecule has 2 amide bonds. The number of carbonyl (C=O) groups excluding carboxylic acids is 2. The highest BCUT2D eigenvalue weighted by Gasteiger charge is 2.19. The van der Waals surface area contributed by atoms with Gasteiger partial charge in [-0.05, 0) is 12.5 Å². The van der Waals surface area contributed by atoms with Gasteiger partial charge in [0.2, 0.25) is 11.8 Å². The van der Waals surface area contributed by atoms with E-state index in [2.05, 4.69) is 5.32 Å². The van der Waals surface area contributed by atoms with Gasteiger partial charge in [-0.25, -0.2) is 0 Å². The van der Waals surface area contributed by atoms with Gasteiger partial charge in [0.15, 0.2) is 0 Å². The number of hydrogen-bond donors (Lipinski definition) is 2. The van der Waals surface area contributed by atoms with E-state index in [4.69, 9.17) is 5.73 Å². The number of nitrogens with one attached hydrogen (secondary N) is 1. The number of amides is 2. The average Bonchev–Trinajstić information content (AvgIpc) is 2.43. The number of aryl methyl sites for hydroxylation is 1. The molecule has 0 aliphatic heterocycles. The first-order chi connectivity index (χ1) is 8.95. The summed E-state index contributed by atoms with van der Waals surface area (Å²) in [6, 6.07) is 6.87. The molecule has 3 N–H and O–H groups in total. The van der Waals surface area contributed by atoms with Crippen LogP contribution in [0.1, 0.15) is 23.6 Å². The van der Waals surface area contributed by atoms with Crippen LogP contribution in [-0.4, -0.2) is 37.4 Å². The van der Waals surface area contributed by atoms with Crippen LogP contribution in [0.2, 0.25) is 0 Å². The molecule has 0 fully saturated rings. The number of likely N-dealkylation sites (N-methyl/N-ethyl adjacent to an activating group) is 1. The van der Waals surface area contributed by atoms with E-state index in [0.29, 0.717) is 6.54 Å². The molecule has 1 aromatic carbocycles. The third-order valence-corrected chi connectivity index (χ3v) is 3.03. The quantitative estimate of drug-likeness (QED) is 0.816. The smallest absolute Gasteiger partial charge is 0.243 e. The average molecular weight is 263 g/mol. The van der Waals surface area contributed by atoms with Crippen LogP contribution in [0.3, 0.4) is 0 Å². The van der Waals surface area contributed by atoms with E-state index in [0.717, 1.165) is 11.1 Å². The Labute approximate surface area is 113 Å². The van der Waals surface area contributed by atoms with E-state index in [9.17, 15) is 9.59 Å². The van der Waals surface area contributed by atoms with Crippen molar-refractivity contribution in [2.75, 3.05) is 20.6 Å². The summed E-state index contributed by atoms with van der Waals surface area (Å²) in [5, 5.41) is 2.52. The molecule has 0 aliphatic rings. The zero-order chi connectivity index (χ0) is 14.4. The third-order valence-electron chi connectivity index (χ3n) is 3.03. The molecule has 0 spiro atoms. The molecule has 0 aliphatic carbocycles. The van der Waals surface area contributed by atoms with Crippen LogP contribution in [-0.2, 0) is 9.59 Å². The summed E-state index contributed by atoms with van der Waals surface area (Å²) in [6.07, 6.45) is 0.277. The van der Waals surface area contributed by atoms with Crippen LogP contribution in [0.5, 0.6) is 0 Å². The van der Waals surface area contributed by atoms with E-state index < -0.39 is 6.04 Å². The second kappa shape index (κ2) is 6.89. The fourth-order valence-corrected chi connectivity index (χ4v) is 1.66. The van der Waals surface area contributed by atoms with Gasteiger partial charge < -0.3 is 16.0 Å². The monoisotopic (exact) mass is 263 g/mol. The van der Waals surface area contributed by atoms with E-state index in [-0.39, 0.29) is 18.2 Å². The van der Waals surface area contributed by atoms with Crippen molar-refractivity contribution >= 4 is 11.8 Å². The van der Waals surface area contributed by atoms with E-state index >= 15 is 0 Å². The number of benzene rings is 1. The highest BCUT2D eigenvalue weighted by atomic mass is 16.2. The van der Waals surface area contributed by atoms with E-state index in [1.165, 1.54) is 4.90 Å². The Kier molecular flexibility index (Phi) is 5.51. The van der Waals surface area contributed by atoms with Gasteiger partial charge in [0.05, 0.1) is 0 Å². The Hall–Kier alpha value is -1.88. The first kappa shape index (κ1) is 15.2. The maximum Gasteiger partial charge on any atom is 0.243 e. The fourth-order valence-electron chi connectivity index (χ4n) is 1.66. The Morgan fingerprint density at radius 1 is 1.32 bits per heavy atom. The number of carbonyl (C=O) groups is 2. The number of hydrogen-bond acceptors (Lipinski definition) is 3. The van der Waals surface area contributed by atoms with Crippen LogP contribution < -0.4 is 11.1 Å². The first-order valence-corrected chi connectivity index (χ1v) is 6.23. The Morgan fingerprint density at radius 3 is 2.42 bits per heavy atom. The molecule has 5 nitrogen and oxygen atoms in total. The van der Waals surface area contributed by atoms with Gasteiger partial charge in [0.25, 0.3) is 0 Å². The molecular formula is C14H21N3O2. The van der Waals surface area contributed by atoms with Gasteiger partial charge in [0, 0.05) is 27.1 Å². The van der Waals surface area contributed by atoms with Gasteiger partial charge in [-0.15, -0.1) is 0 Å². The molecule has 104 valence electrons. The SMILES string of the molecule is CNC(=O)CCN(C)C(=O)C(N)c1ccc(C)cc1. The molecule has 0 heterocycles. The number of nitrogens with two attached hydrogens (primary N) is 1. The predicted molar refractivity (Wildman–Crippen MR) is 74.4 cm³/mol. The molecule has 1 aromatic rings. The summed E-state index contributed by atoms with van der Waals surface area (Å²) in [6.45, 7) is 2.34. The molecule has 5 heteroatoms. The molecule has 0 radical (unpaired) electrons. The van der Waals surface area contributed by atoms with Gasteiger partial charge in [-0.2, -0.15) is 0 Å². The third kappa shape index (κ3) is 4.37. The second-order valence-corrected chi connectivity index (χ2v) is 4.57. The lowest BCUT2D eigenvalue weighted by Crippen LogP contribution is -2.37. The zero-order valence-electron chi connectivity index (χ0n) is 11.6. The molecular weight excluding hydrogens is 242 g/mol. The van der Waals surface area contributed by atoms with E-state index in [1.54, 1.807) is 14.1 Å². The maximum absolute atomic E-state index is 12.1. The summed E-state index contributed by atoms with van der Waals surface area (Å²) in [4.78, 5) is 24.7. The van der Waals surface area contributed by atoms with Crippen LogP contribution in [0.15, 0.2) is 24.3 Å². The minimum atomic E-state index is -0.685. The number of nitrogens with zero attached hydrogens (tertiary/aromatic N) is 1. The predicted octanol–water partition coefficient (Wildman–Crippen LogP) is 0.589. The van der Waals surface area contributed by atoms with Crippen molar-refractivity contribution in [1.29, 1.82) is 0 Å². The van der Waals surface area contributed by atoms with Gasteiger partial charge >= 0.3 is 0 Å². The summed E-state index contributed by atoms with van der Waals surface area (Å²) in [5.74, 6) is -0.281. The van der Waals surface area contributed by atoms with E-state index in [1.807, 2.05) is 31.2 Å². The Bertz CT molecular complexity index is 443. The van der Waals surface area contributed by atoms with Crippen molar-refractivity contribution in [2.45, 2.75) is 19.4 Å². The van der Waals surface area contributed by atoms with Crippen molar-refractivity contribution in [1.82, 2.24) is 10.2 Å². The highest BCUT2D eigenvalue weighted by Crippen LogP contribution is 2.13. The van der Waals surface area contributed by atoms with Crippen molar-refractivity contribution in [3.05, 3.63) is 35.4 Å². The molecule has 0 saturated heterocycles. The molecule has 0 aromatic heterocycles. The van der Waals surface area contributed by atoms with Crippen molar-refractivity contribution < 1.29 is 9.59 Å². The lowest BCUT2D eigenvalue weighted by atomic mass is 10.0. The molecule has 0 saturated carbocycles.